The zero-order valence-corrected chi connectivity index (χ0v) is 23.7. The number of aliphatic imine (C=N–C) groups is 1. The zero-order valence-electron chi connectivity index (χ0n) is 23.7. The molecule has 1 amide bonds. The Morgan fingerprint density at radius 3 is 2.46 bits per heavy atom. The topological polar surface area (TPSA) is 104 Å². The second-order valence-corrected chi connectivity index (χ2v) is 10.6. The van der Waals surface area contributed by atoms with Gasteiger partial charge in [-0.05, 0) is 99.9 Å². The van der Waals surface area contributed by atoms with Crippen LogP contribution in [0.25, 0.3) is 0 Å². The Labute approximate surface area is 239 Å². The molecule has 0 N–H and O–H groups in total. The number of hydrogen-bond donors (Lipinski definition) is 0. The maximum Gasteiger partial charge on any atom is 0.315 e. The number of ether oxygens (including phenoxy) is 3. The molecule has 9 nitrogen and oxygen atoms in total. The minimum absolute atomic E-state index is 0.0449. The Morgan fingerprint density at radius 2 is 1.68 bits per heavy atom. The van der Waals surface area contributed by atoms with Crippen molar-refractivity contribution in [2.75, 3.05) is 19.8 Å². The minimum atomic E-state index is -0.463. The summed E-state index contributed by atoms with van der Waals surface area (Å²) in [6.45, 7) is 7.66. The Bertz CT molecular complexity index is 1480. The molecular weight excluding hydrogens is 522 g/mol. The van der Waals surface area contributed by atoms with Gasteiger partial charge in [-0.15, -0.1) is 0 Å². The van der Waals surface area contributed by atoms with Crippen molar-refractivity contribution in [2.24, 2.45) is 4.99 Å². The van der Waals surface area contributed by atoms with Gasteiger partial charge < -0.3 is 19.1 Å². The van der Waals surface area contributed by atoms with Crippen molar-refractivity contribution in [3.8, 4) is 23.0 Å². The van der Waals surface area contributed by atoms with Crippen LogP contribution < -0.4 is 14.2 Å². The summed E-state index contributed by atoms with van der Waals surface area (Å²) in [5, 5.41) is 11.7. The standard InChI is InChI=1S/C32H35N3O6/c1-21-9-10-26(16-22(21)2)41-30-12-11-25(18-29(30)35(37)38)39-14-5-4-6-15-40-31-19-28-27(17-23(31)3)32(36)34-13-7-8-24(34)20-33-28/h9-12,16-20,24H,4-8,13-15H2,1-3H3/t24-/m0/s1. The summed E-state index contributed by atoms with van der Waals surface area (Å²) >= 11 is 0. The van der Waals surface area contributed by atoms with Crippen LogP contribution in [0.2, 0.25) is 0 Å². The number of nitrogens with zero attached hydrogens (tertiary/aromatic N) is 3. The second-order valence-electron chi connectivity index (χ2n) is 10.6. The van der Waals surface area contributed by atoms with Gasteiger partial charge in [-0.1, -0.05) is 6.07 Å². The molecule has 9 heteroatoms. The predicted molar refractivity (Wildman–Crippen MR) is 157 cm³/mol. The average Bonchev–Trinajstić information content (AvgIpc) is 3.38. The molecule has 0 saturated carbocycles. The number of benzene rings is 3. The van der Waals surface area contributed by atoms with E-state index in [1.165, 1.54) is 6.07 Å². The summed E-state index contributed by atoms with van der Waals surface area (Å²) in [5.74, 6) is 1.93. The number of hydrogen-bond acceptors (Lipinski definition) is 7. The number of aryl methyl sites for hydroxylation is 3. The first-order chi connectivity index (χ1) is 19.8. The molecule has 1 fully saturated rings. The van der Waals surface area contributed by atoms with E-state index in [-0.39, 0.29) is 23.4 Å². The van der Waals surface area contributed by atoms with Gasteiger partial charge in [0.25, 0.3) is 5.91 Å². The Morgan fingerprint density at radius 1 is 0.902 bits per heavy atom. The van der Waals surface area contributed by atoms with Crippen LogP contribution in [0.15, 0.2) is 53.5 Å². The largest absolute Gasteiger partial charge is 0.493 e. The van der Waals surface area contributed by atoms with Crippen molar-refractivity contribution in [2.45, 2.75) is 58.9 Å². The lowest BCUT2D eigenvalue weighted by molar-refractivity contribution is -0.385. The van der Waals surface area contributed by atoms with E-state index in [4.69, 9.17) is 14.2 Å². The van der Waals surface area contributed by atoms with Gasteiger partial charge in [-0.25, -0.2) is 0 Å². The van der Waals surface area contributed by atoms with E-state index in [1.807, 2.05) is 56.2 Å². The summed E-state index contributed by atoms with van der Waals surface area (Å²) in [6, 6.07) is 14.1. The molecule has 2 aliphatic rings. The van der Waals surface area contributed by atoms with Crippen molar-refractivity contribution in [3.63, 3.8) is 0 Å². The Kier molecular flexibility index (Phi) is 8.52. The number of unbranched alkanes of at least 4 members (excludes halogenated alkanes) is 2. The minimum Gasteiger partial charge on any atom is -0.493 e. The first-order valence-electron chi connectivity index (χ1n) is 14.1. The summed E-state index contributed by atoms with van der Waals surface area (Å²) in [4.78, 5) is 30.7. The van der Waals surface area contributed by atoms with Crippen molar-refractivity contribution < 1.29 is 23.9 Å². The van der Waals surface area contributed by atoms with E-state index in [2.05, 4.69) is 4.99 Å². The van der Waals surface area contributed by atoms with E-state index >= 15 is 0 Å². The van der Waals surface area contributed by atoms with Crippen LogP contribution in [0, 0.1) is 30.9 Å². The monoisotopic (exact) mass is 557 g/mol. The lowest BCUT2D eigenvalue weighted by atomic mass is 10.1. The summed E-state index contributed by atoms with van der Waals surface area (Å²) in [6.07, 6.45) is 6.32. The average molecular weight is 558 g/mol. The van der Waals surface area contributed by atoms with Gasteiger partial charge in [-0.3, -0.25) is 19.9 Å². The third kappa shape index (κ3) is 6.51. The Hall–Kier alpha value is -4.40. The van der Waals surface area contributed by atoms with E-state index < -0.39 is 4.92 Å². The quantitative estimate of drug-likeness (QED) is 0.140. The third-order valence-corrected chi connectivity index (χ3v) is 7.62. The van der Waals surface area contributed by atoms with Gasteiger partial charge in [0.05, 0.1) is 41.5 Å². The molecule has 0 bridgehead atoms. The first-order valence-corrected chi connectivity index (χ1v) is 14.1. The molecule has 3 aromatic carbocycles. The number of nitro groups is 1. The molecule has 0 aromatic heterocycles. The van der Waals surface area contributed by atoms with Crippen molar-refractivity contribution in [1.29, 1.82) is 0 Å². The molecule has 5 rings (SSSR count). The van der Waals surface area contributed by atoms with E-state index in [9.17, 15) is 14.9 Å². The van der Waals surface area contributed by atoms with Crippen LogP contribution in [-0.2, 0) is 0 Å². The first kappa shape index (κ1) is 28.1. The van der Waals surface area contributed by atoms with Gasteiger partial charge in [0.15, 0.2) is 0 Å². The maximum atomic E-state index is 13.0. The number of fused-ring (bicyclic) bond motifs is 2. The predicted octanol–water partition coefficient (Wildman–Crippen LogP) is 7.26. The molecule has 0 unspecified atom stereocenters. The van der Waals surface area contributed by atoms with E-state index in [0.717, 1.165) is 61.1 Å². The molecule has 0 aliphatic carbocycles. The molecule has 214 valence electrons. The molecule has 3 aromatic rings. The number of amides is 1. The smallest absolute Gasteiger partial charge is 0.315 e. The fraction of sp³-hybridized carbons (Fsp3) is 0.375. The normalized spacial score (nSPS) is 15.7. The number of carbonyl (C=O) groups excluding carboxylic acids is 1. The van der Waals surface area contributed by atoms with Crippen LogP contribution in [0.3, 0.4) is 0 Å². The van der Waals surface area contributed by atoms with Crippen molar-refractivity contribution in [1.82, 2.24) is 4.90 Å². The van der Waals surface area contributed by atoms with Crippen LogP contribution in [-0.4, -0.2) is 47.7 Å². The lowest BCUT2D eigenvalue weighted by Gasteiger charge is -2.20. The number of carbonyl (C=O) groups is 1. The fourth-order valence-electron chi connectivity index (χ4n) is 5.10. The molecule has 0 radical (unpaired) electrons. The summed E-state index contributed by atoms with van der Waals surface area (Å²) < 4.78 is 17.6. The molecule has 2 aliphatic heterocycles. The summed E-state index contributed by atoms with van der Waals surface area (Å²) in [5.41, 5.74) is 4.25. The number of nitro benzene ring substituents is 1. The van der Waals surface area contributed by atoms with Gasteiger partial charge >= 0.3 is 5.69 Å². The van der Waals surface area contributed by atoms with Gasteiger partial charge in [0.2, 0.25) is 5.75 Å². The van der Waals surface area contributed by atoms with Crippen LogP contribution >= 0.6 is 0 Å². The highest BCUT2D eigenvalue weighted by Crippen LogP contribution is 2.36. The third-order valence-electron chi connectivity index (χ3n) is 7.62. The van der Waals surface area contributed by atoms with E-state index in [1.54, 1.807) is 18.2 Å². The molecule has 41 heavy (non-hydrogen) atoms. The second kappa shape index (κ2) is 12.4. The molecule has 1 saturated heterocycles. The van der Waals surface area contributed by atoms with Crippen molar-refractivity contribution in [3.05, 3.63) is 80.9 Å². The van der Waals surface area contributed by atoms with E-state index in [0.29, 0.717) is 36.0 Å². The SMILES string of the molecule is Cc1ccc(Oc2ccc(OCCCCCOc3cc4c(cc3C)C(=O)N3CCC[C@H]3C=N4)cc2[N+](=O)[O-])cc1C. The van der Waals surface area contributed by atoms with Crippen LogP contribution in [0.4, 0.5) is 11.4 Å². The highest BCUT2D eigenvalue weighted by atomic mass is 16.6. The molecule has 1 atom stereocenters. The zero-order chi connectivity index (χ0) is 28.9. The molecule has 0 spiro atoms. The lowest BCUT2D eigenvalue weighted by Crippen LogP contribution is -2.35. The van der Waals surface area contributed by atoms with Gasteiger partial charge in [0.1, 0.15) is 17.2 Å². The fourth-order valence-corrected chi connectivity index (χ4v) is 5.10. The van der Waals surface area contributed by atoms with Crippen LogP contribution in [0.1, 0.15) is 59.2 Å². The highest BCUT2D eigenvalue weighted by Gasteiger charge is 2.32. The highest BCUT2D eigenvalue weighted by molar-refractivity contribution is 6.03. The van der Waals surface area contributed by atoms with Gasteiger partial charge in [-0.2, -0.15) is 0 Å². The molecule has 2 heterocycles. The van der Waals surface area contributed by atoms with Crippen LogP contribution in [0.5, 0.6) is 23.0 Å². The summed E-state index contributed by atoms with van der Waals surface area (Å²) in [7, 11) is 0. The van der Waals surface area contributed by atoms with Gasteiger partial charge in [0, 0.05) is 18.8 Å². The Balaban J connectivity index is 1.09. The van der Waals surface area contributed by atoms with Crippen molar-refractivity contribution >= 4 is 23.5 Å². The number of rotatable bonds is 11. The maximum absolute atomic E-state index is 13.0. The molecular formula is C32H35N3O6.